The minimum absolute atomic E-state index is 0.601. The van der Waals surface area contributed by atoms with E-state index < -0.39 is 0 Å². The molecule has 0 atom stereocenters. The molecule has 0 saturated heterocycles. The van der Waals surface area contributed by atoms with Gasteiger partial charge in [-0.2, -0.15) is 0 Å². The fourth-order valence-corrected chi connectivity index (χ4v) is 4.28. The zero-order valence-electron chi connectivity index (χ0n) is 16.8. The maximum Gasteiger partial charge on any atom is 0.0721 e. The van der Waals surface area contributed by atoms with Gasteiger partial charge >= 0.3 is 0 Å². The van der Waals surface area contributed by atoms with Gasteiger partial charge in [-0.15, -0.1) is 6.58 Å². The molecule has 0 aromatic heterocycles. The monoisotopic (exact) mass is 362 g/mol. The predicted molar refractivity (Wildman–Crippen MR) is 116 cm³/mol. The average Bonchev–Trinajstić information content (AvgIpc) is 2.73. The van der Waals surface area contributed by atoms with Gasteiger partial charge in [-0.1, -0.05) is 80.8 Å². The number of unbranched alkanes of at least 4 members (excludes halogenated alkanes) is 1. The molecule has 0 N–H and O–H groups in total. The molecule has 0 aliphatic heterocycles. The van der Waals surface area contributed by atoms with E-state index in [0.717, 1.165) is 11.8 Å². The summed E-state index contributed by atoms with van der Waals surface area (Å²) in [6, 6.07) is 18.0. The first-order valence-corrected chi connectivity index (χ1v) is 10.7. The van der Waals surface area contributed by atoms with Crippen LogP contribution in [0.3, 0.4) is 0 Å². The van der Waals surface area contributed by atoms with E-state index in [1.54, 1.807) is 6.08 Å². The molecule has 0 heterocycles. The minimum atomic E-state index is 0.601. The number of hydrogen-bond acceptors (Lipinski definition) is 1. The molecule has 3 rings (SSSR count). The molecule has 0 radical (unpaired) electrons. The summed E-state index contributed by atoms with van der Waals surface area (Å²) in [5.41, 5.74) is 5.31. The second kappa shape index (κ2) is 10.5. The Kier molecular flexibility index (Phi) is 7.71. The van der Waals surface area contributed by atoms with Crippen molar-refractivity contribution in [1.82, 2.24) is 0 Å². The Morgan fingerprint density at radius 3 is 2.15 bits per heavy atom. The SMILES string of the molecule is C=CCOCc1ccc(-c2ccc([C@H]3CC[C@H](CCCC)CC3)cc2)cc1. The zero-order valence-corrected chi connectivity index (χ0v) is 16.8. The van der Waals surface area contributed by atoms with E-state index >= 15 is 0 Å². The van der Waals surface area contributed by atoms with Crippen molar-refractivity contribution in [2.24, 2.45) is 5.92 Å². The van der Waals surface area contributed by atoms with Crippen LogP contribution in [0.5, 0.6) is 0 Å². The number of benzene rings is 2. The van der Waals surface area contributed by atoms with Crippen LogP contribution in [0.15, 0.2) is 61.2 Å². The lowest BCUT2D eigenvalue weighted by atomic mass is 9.77. The predicted octanol–water partition coefficient (Wildman–Crippen LogP) is 7.52. The van der Waals surface area contributed by atoms with E-state index in [9.17, 15) is 0 Å². The summed E-state index contributed by atoms with van der Waals surface area (Å²) in [6.45, 7) is 7.23. The molecule has 2 aromatic rings. The van der Waals surface area contributed by atoms with Gasteiger partial charge in [0.15, 0.2) is 0 Å². The van der Waals surface area contributed by atoms with E-state index in [2.05, 4.69) is 62.0 Å². The second-order valence-electron chi connectivity index (χ2n) is 7.98. The average molecular weight is 363 g/mol. The highest BCUT2D eigenvalue weighted by Crippen LogP contribution is 2.38. The lowest BCUT2D eigenvalue weighted by Crippen LogP contribution is -2.13. The van der Waals surface area contributed by atoms with Gasteiger partial charge in [-0.3, -0.25) is 0 Å². The molecule has 1 nitrogen and oxygen atoms in total. The molecule has 1 aliphatic carbocycles. The summed E-state index contributed by atoms with van der Waals surface area (Å²) < 4.78 is 5.51. The van der Waals surface area contributed by atoms with Crippen molar-refractivity contribution in [3.8, 4) is 11.1 Å². The van der Waals surface area contributed by atoms with Gasteiger partial charge in [0.2, 0.25) is 0 Å². The van der Waals surface area contributed by atoms with Crippen molar-refractivity contribution in [3.63, 3.8) is 0 Å². The van der Waals surface area contributed by atoms with Crippen LogP contribution in [0, 0.1) is 5.92 Å². The maximum absolute atomic E-state index is 5.51. The third kappa shape index (κ3) is 5.81. The van der Waals surface area contributed by atoms with Crippen molar-refractivity contribution >= 4 is 0 Å². The zero-order chi connectivity index (χ0) is 18.9. The van der Waals surface area contributed by atoms with Gasteiger partial charge in [-0.05, 0) is 59.8 Å². The lowest BCUT2D eigenvalue weighted by molar-refractivity contribution is 0.149. The van der Waals surface area contributed by atoms with Crippen LogP contribution < -0.4 is 0 Å². The topological polar surface area (TPSA) is 9.23 Å². The Labute approximate surface area is 165 Å². The Morgan fingerprint density at radius 2 is 1.56 bits per heavy atom. The normalized spacial score (nSPS) is 19.7. The molecular weight excluding hydrogens is 328 g/mol. The van der Waals surface area contributed by atoms with E-state index in [0.29, 0.717) is 13.2 Å². The van der Waals surface area contributed by atoms with E-state index in [1.165, 1.54) is 67.2 Å². The second-order valence-corrected chi connectivity index (χ2v) is 7.98. The minimum Gasteiger partial charge on any atom is -0.373 e. The first kappa shape index (κ1) is 19.9. The lowest BCUT2D eigenvalue weighted by Gasteiger charge is -2.29. The first-order valence-electron chi connectivity index (χ1n) is 10.7. The van der Waals surface area contributed by atoms with Crippen LogP contribution in [-0.2, 0) is 11.3 Å². The fraction of sp³-hybridized carbons (Fsp3) is 0.462. The van der Waals surface area contributed by atoms with Crippen molar-refractivity contribution < 1.29 is 4.74 Å². The van der Waals surface area contributed by atoms with Gasteiger partial charge in [0.25, 0.3) is 0 Å². The van der Waals surface area contributed by atoms with Gasteiger partial charge in [0.1, 0.15) is 0 Å². The van der Waals surface area contributed by atoms with E-state index in [4.69, 9.17) is 4.74 Å². The smallest absolute Gasteiger partial charge is 0.0721 e. The largest absolute Gasteiger partial charge is 0.373 e. The highest BCUT2D eigenvalue weighted by Gasteiger charge is 2.21. The van der Waals surface area contributed by atoms with Crippen molar-refractivity contribution in [1.29, 1.82) is 0 Å². The van der Waals surface area contributed by atoms with Crippen LogP contribution >= 0.6 is 0 Å². The molecule has 144 valence electrons. The molecule has 2 aromatic carbocycles. The molecule has 0 unspecified atom stereocenters. The molecule has 0 amide bonds. The summed E-state index contributed by atoms with van der Waals surface area (Å²) >= 11 is 0. The first-order chi connectivity index (χ1) is 13.3. The van der Waals surface area contributed by atoms with Crippen LogP contribution in [0.25, 0.3) is 11.1 Å². The number of ether oxygens (including phenoxy) is 1. The third-order valence-corrected chi connectivity index (χ3v) is 5.99. The Balaban J connectivity index is 1.55. The Morgan fingerprint density at radius 1 is 0.926 bits per heavy atom. The summed E-state index contributed by atoms with van der Waals surface area (Å²) in [4.78, 5) is 0. The van der Waals surface area contributed by atoms with Crippen LogP contribution in [0.1, 0.15) is 68.9 Å². The third-order valence-electron chi connectivity index (χ3n) is 5.99. The van der Waals surface area contributed by atoms with Crippen molar-refractivity contribution in [2.45, 2.75) is 64.4 Å². The van der Waals surface area contributed by atoms with E-state index in [-0.39, 0.29) is 0 Å². The maximum atomic E-state index is 5.51. The van der Waals surface area contributed by atoms with Crippen LogP contribution in [0.2, 0.25) is 0 Å². The van der Waals surface area contributed by atoms with Gasteiger partial charge in [0.05, 0.1) is 13.2 Å². The molecule has 1 heteroatoms. The highest BCUT2D eigenvalue weighted by atomic mass is 16.5. The van der Waals surface area contributed by atoms with Gasteiger partial charge in [0, 0.05) is 0 Å². The Bertz CT molecular complexity index is 675. The number of rotatable bonds is 9. The molecule has 1 aliphatic rings. The summed E-state index contributed by atoms with van der Waals surface area (Å²) in [6.07, 6.45) is 11.5. The fourth-order valence-electron chi connectivity index (χ4n) is 4.28. The standard InChI is InChI=1S/C26H34O/c1-3-5-6-21-7-11-23(12-8-21)25-15-17-26(18-16-25)24-13-9-22(10-14-24)20-27-19-4-2/h4,9-10,13-18,21,23H,2-3,5-8,11-12,19-20H2,1H3/t21-,23-. The van der Waals surface area contributed by atoms with Gasteiger partial charge < -0.3 is 4.74 Å². The molecule has 1 saturated carbocycles. The summed E-state index contributed by atoms with van der Waals surface area (Å²) in [7, 11) is 0. The van der Waals surface area contributed by atoms with Crippen molar-refractivity contribution in [2.75, 3.05) is 6.61 Å². The molecular formula is C26H34O. The quantitative estimate of drug-likeness (QED) is 0.331. The van der Waals surface area contributed by atoms with Gasteiger partial charge in [-0.25, -0.2) is 0 Å². The molecule has 27 heavy (non-hydrogen) atoms. The molecule has 0 spiro atoms. The molecule has 1 fully saturated rings. The van der Waals surface area contributed by atoms with Crippen LogP contribution in [-0.4, -0.2) is 6.61 Å². The van der Waals surface area contributed by atoms with Crippen LogP contribution in [0.4, 0.5) is 0 Å². The number of hydrogen-bond donors (Lipinski definition) is 0. The summed E-state index contributed by atoms with van der Waals surface area (Å²) in [5.74, 6) is 1.75. The molecule has 0 bridgehead atoms. The highest BCUT2D eigenvalue weighted by molar-refractivity contribution is 5.64. The Hall–Kier alpha value is -1.86. The van der Waals surface area contributed by atoms with E-state index in [1.807, 2.05) is 0 Å². The van der Waals surface area contributed by atoms with Crippen molar-refractivity contribution in [3.05, 3.63) is 72.3 Å². The summed E-state index contributed by atoms with van der Waals surface area (Å²) in [5, 5.41) is 0.